The third-order valence-electron chi connectivity index (χ3n) is 3.11. The summed E-state index contributed by atoms with van der Waals surface area (Å²) in [5.41, 5.74) is 6.86. The average Bonchev–Trinajstić information content (AvgIpc) is 2.62. The number of hydrogen-bond donors (Lipinski definition) is 3. The third-order valence-corrected chi connectivity index (χ3v) is 3.97. The molecule has 1 aromatic carbocycles. The number of nitrogens with two attached hydrogens (primary N) is 1. The van der Waals surface area contributed by atoms with Gasteiger partial charge in [0.15, 0.2) is 0 Å². The second-order valence-electron chi connectivity index (χ2n) is 5.18. The Morgan fingerprint density at radius 2 is 1.96 bits per heavy atom. The minimum absolute atomic E-state index is 0.211. The molecule has 0 unspecified atom stereocenters. The molecule has 0 aliphatic rings. The number of amides is 1. The molecule has 0 saturated heterocycles. The van der Waals surface area contributed by atoms with Gasteiger partial charge in [0.25, 0.3) is 5.91 Å². The van der Waals surface area contributed by atoms with Crippen molar-refractivity contribution in [3.8, 4) is 5.75 Å². The molecule has 0 bridgehead atoms. The van der Waals surface area contributed by atoms with E-state index in [1.54, 1.807) is 24.4 Å². The van der Waals surface area contributed by atoms with E-state index in [4.69, 9.17) is 20.4 Å². The number of hydrogen-bond acceptors (Lipinski definition) is 5. The molecule has 0 aliphatic carbocycles. The van der Waals surface area contributed by atoms with Crippen LogP contribution in [0.2, 0.25) is 0 Å². The largest absolute Gasteiger partial charge is 0.492 e. The van der Waals surface area contributed by atoms with Gasteiger partial charge in [0.05, 0.1) is 0 Å². The van der Waals surface area contributed by atoms with Crippen LogP contribution in [0.25, 0.3) is 0 Å². The van der Waals surface area contributed by atoms with Gasteiger partial charge in [0.1, 0.15) is 18.2 Å². The molecule has 7 nitrogen and oxygen atoms in total. The summed E-state index contributed by atoms with van der Waals surface area (Å²) < 4.78 is 38.0. The van der Waals surface area contributed by atoms with Crippen LogP contribution in [0.1, 0.15) is 15.9 Å². The summed E-state index contributed by atoms with van der Waals surface area (Å²) in [5, 5.41) is 9.89. The molecule has 0 aliphatic heterocycles. The number of anilines is 1. The summed E-state index contributed by atoms with van der Waals surface area (Å²) in [5.74, 6) is -1.91. The van der Waals surface area contributed by atoms with Crippen LogP contribution >= 0.6 is 15.9 Å². The zero-order valence-corrected chi connectivity index (χ0v) is 16.2. The standard InChI is InChI=1S/C15H16BrN3O2.C2HF3O2/c1-10-12(3-2-4-13(10)16)15(20)19-14-9-11(5-7-18-14)21-8-6-17;3-2(4,5)1(6)7/h2-5,7,9H,6,8,17H2,1H3,(H,18,19,20);(H,6,7). The van der Waals surface area contributed by atoms with E-state index in [1.165, 1.54) is 0 Å². The van der Waals surface area contributed by atoms with E-state index >= 15 is 0 Å². The summed E-state index contributed by atoms with van der Waals surface area (Å²) >= 11 is 3.41. The lowest BCUT2D eigenvalue weighted by molar-refractivity contribution is -0.192. The number of nitrogens with zero attached hydrogens (tertiary/aromatic N) is 1. The van der Waals surface area contributed by atoms with Crippen LogP contribution in [-0.2, 0) is 4.79 Å². The molecule has 11 heteroatoms. The van der Waals surface area contributed by atoms with Crippen molar-refractivity contribution < 1.29 is 32.6 Å². The minimum Gasteiger partial charge on any atom is -0.492 e. The highest BCUT2D eigenvalue weighted by Crippen LogP contribution is 2.21. The number of carbonyl (C=O) groups excluding carboxylic acids is 1. The third kappa shape index (κ3) is 7.53. The van der Waals surface area contributed by atoms with Crippen LogP contribution in [0.4, 0.5) is 19.0 Å². The Morgan fingerprint density at radius 3 is 2.54 bits per heavy atom. The van der Waals surface area contributed by atoms with Crippen molar-refractivity contribution in [3.05, 3.63) is 52.1 Å². The number of pyridine rings is 1. The Morgan fingerprint density at radius 1 is 1.32 bits per heavy atom. The van der Waals surface area contributed by atoms with Crippen molar-refractivity contribution in [3.63, 3.8) is 0 Å². The number of aliphatic carboxylic acids is 1. The topological polar surface area (TPSA) is 115 Å². The van der Waals surface area contributed by atoms with E-state index in [0.29, 0.717) is 30.3 Å². The molecular weight excluding hydrogens is 447 g/mol. The van der Waals surface area contributed by atoms with Gasteiger partial charge in [0.2, 0.25) is 0 Å². The number of aromatic nitrogens is 1. The normalized spacial score (nSPS) is 10.5. The maximum atomic E-state index is 12.3. The number of ether oxygens (including phenoxy) is 1. The van der Waals surface area contributed by atoms with Gasteiger partial charge < -0.3 is 20.9 Å². The van der Waals surface area contributed by atoms with Crippen molar-refractivity contribution in [2.75, 3.05) is 18.5 Å². The van der Waals surface area contributed by atoms with E-state index in [2.05, 4.69) is 26.2 Å². The molecule has 2 rings (SSSR count). The first-order chi connectivity index (χ1) is 13.1. The van der Waals surface area contributed by atoms with Crippen molar-refractivity contribution in [1.82, 2.24) is 4.98 Å². The Kier molecular flexibility index (Phi) is 8.86. The first-order valence-corrected chi connectivity index (χ1v) is 8.51. The number of halogens is 4. The summed E-state index contributed by atoms with van der Waals surface area (Å²) in [6.45, 7) is 2.73. The highest BCUT2D eigenvalue weighted by atomic mass is 79.9. The molecule has 0 spiro atoms. The van der Waals surface area contributed by atoms with Gasteiger partial charge in [-0.2, -0.15) is 13.2 Å². The van der Waals surface area contributed by atoms with Gasteiger partial charge in [0, 0.05) is 28.8 Å². The SMILES string of the molecule is Cc1c(Br)cccc1C(=O)Nc1cc(OCCN)ccn1.O=C(O)C(F)(F)F. The summed E-state index contributed by atoms with van der Waals surface area (Å²) in [7, 11) is 0. The molecular formula is C17H17BrF3N3O4. The molecule has 4 N–H and O–H groups in total. The van der Waals surface area contributed by atoms with E-state index in [1.807, 2.05) is 19.1 Å². The molecule has 0 saturated carbocycles. The molecule has 0 atom stereocenters. The summed E-state index contributed by atoms with van der Waals surface area (Å²) in [6.07, 6.45) is -3.50. The van der Waals surface area contributed by atoms with Gasteiger partial charge in [-0.25, -0.2) is 9.78 Å². The molecule has 1 heterocycles. The number of carboxylic acids is 1. The van der Waals surface area contributed by atoms with Crippen LogP contribution < -0.4 is 15.8 Å². The van der Waals surface area contributed by atoms with Crippen molar-refractivity contribution in [1.29, 1.82) is 0 Å². The number of benzene rings is 1. The lowest BCUT2D eigenvalue weighted by atomic mass is 10.1. The second-order valence-corrected chi connectivity index (χ2v) is 6.04. The van der Waals surface area contributed by atoms with Crippen molar-refractivity contribution in [2.45, 2.75) is 13.1 Å². The molecule has 1 amide bonds. The predicted molar refractivity (Wildman–Crippen MR) is 99.3 cm³/mol. The Balaban J connectivity index is 0.000000480. The number of carbonyl (C=O) groups is 2. The summed E-state index contributed by atoms with van der Waals surface area (Å²) in [4.78, 5) is 25.3. The van der Waals surface area contributed by atoms with Gasteiger partial charge in [-0.3, -0.25) is 4.79 Å². The van der Waals surface area contributed by atoms with Crippen molar-refractivity contribution in [2.24, 2.45) is 5.73 Å². The van der Waals surface area contributed by atoms with Crippen LogP contribution in [0.5, 0.6) is 5.75 Å². The highest BCUT2D eigenvalue weighted by molar-refractivity contribution is 9.10. The highest BCUT2D eigenvalue weighted by Gasteiger charge is 2.38. The number of nitrogens with one attached hydrogen (secondary N) is 1. The van der Waals surface area contributed by atoms with Gasteiger partial charge in [-0.1, -0.05) is 22.0 Å². The van der Waals surface area contributed by atoms with E-state index < -0.39 is 12.1 Å². The second kappa shape index (κ2) is 10.6. The van der Waals surface area contributed by atoms with E-state index in [-0.39, 0.29) is 5.91 Å². The maximum Gasteiger partial charge on any atom is 0.490 e. The zero-order valence-electron chi connectivity index (χ0n) is 14.6. The fourth-order valence-electron chi connectivity index (χ4n) is 1.78. The lowest BCUT2D eigenvalue weighted by Crippen LogP contribution is -2.21. The lowest BCUT2D eigenvalue weighted by Gasteiger charge is -2.09. The zero-order chi connectivity index (χ0) is 21.3. The number of carboxylic acid groups (broad SMARTS) is 1. The van der Waals surface area contributed by atoms with E-state index in [9.17, 15) is 18.0 Å². The molecule has 152 valence electrons. The smallest absolute Gasteiger partial charge is 0.490 e. The minimum atomic E-state index is -5.08. The van der Waals surface area contributed by atoms with Gasteiger partial charge in [-0.15, -0.1) is 0 Å². The van der Waals surface area contributed by atoms with Crippen LogP contribution in [-0.4, -0.2) is 41.3 Å². The monoisotopic (exact) mass is 463 g/mol. The number of rotatable bonds is 5. The first kappa shape index (κ1) is 23.4. The van der Waals surface area contributed by atoms with Gasteiger partial charge in [-0.05, 0) is 30.7 Å². The fraction of sp³-hybridized carbons (Fsp3) is 0.235. The maximum absolute atomic E-state index is 12.3. The Bertz CT molecular complexity index is 832. The number of alkyl halides is 3. The van der Waals surface area contributed by atoms with Crippen LogP contribution in [0.15, 0.2) is 41.0 Å². The summed E-state index contributed by atoms with van der Waals surface area (Å²) in [6, 6.07) is 8.87. The molecule has 0 fully saturated rings. The quantitative estimate of drug-likeness (QED) is 0.625. The van der Waals surface area contributed by atoms with Crippen molar-refractivity contribution >= 4 is 33.6 Å². The average molecular weight is 464 g/mol. The Labute approximate surface area is 166 Å². The molecule has 2 aromatic rings. The molecule has 0 radical (unpaired) electrons. The first-order valence-electron chi connectivity index (χ1n) is 7.71. The molecule has 1 aromatic heterocycles. The van der Waals surface area contributed by atoms with Crippen LogP contribution in [0, 0.1) is 6.92 Å². The molecule has 28 heavy (non-hydrogen) atoms. The predicted octanol–water partition coefficient (Wildman–Crippen LogP) is 3.38. The van der Waals surface area contributed by atoms with Crippen LogP contribution in [0.3, 0.4) is 0 Å². The van der Waals surface area contributed by atoms with E-state index in [0.717, 1.165) is 10.0 Å². The van der Waals surface area contributed by atoms with Gasteiger partial charge >= 0.3 is 12.1 Å². The Hall–Kier alpha value is -2.66. The fourth-order valence-corrected chi connectivity index (χ4v) is 2.15.